The normalized spacial score (nSPS) is 11.3. The van der Waals surface area contributed by atoms with Gasteiger partial charge in [0.15, 0.2) is 16.7 Å². The molecule has 0 bridgehead atoms. The first-order valence-corrected chi connectivity index (χ1v) is 9.85. The maximum absolute atomic E-state index is 12.9. The number of benzene rings is 2. The summed E-state index contributed by atoms with van der Waals surface area (Å²) in [5.74, 6) is 1.75. The Kier molecular flexibility index (Phi) is 6.64. The lowest BCUT2D eigenvalue weighted by molar-refractivity contribution is -0.137. The van der Waals surface area contributed by atoms with E-state index in [-0.39, 0.29) is 0 Å². The second kappa shape index (κ2) is 9.17. The van der Waals surface area contributed by atoms with Gasteiger partial charge in [0.05, 0.1) is 12.7 Å². The van der Waals surface area contributed by atoms with Crippen LogP contribution in [0.1, 0.15) is 23.7 Å². The van der Waals surface area contributed by atoms with Crippen LogP contribution in [-0.2, 0) is 18.3 Å². The number of halogens is 3. The zero-order valence-corrected chi connectivity index (χ0v) is 16.7. The number of nitrogens with zero attached hydrogens (tertiary/aromatic N) is 2. The van der Waals surface area contributed by atoms with Gasteiger partial charge in [0.1, 0.15) is 0 Å². The molecular formula is C21H19F3N2O2S. The van der Waals surface area contributed by atoms with Crippen molar-refractivity contribution in [1.29, 1.82) is 0 Å². The van der Waals surface area contributed by atoms with Crippen LogP contribution in [0.25, 0.3) is 0 Å². The number of ether oxygens (including phenoxy) is 2. The van der Waals surface area contributed by atoms with Crippen molar-refractivity contribution >= 4 is 11.8 Å². The van der Waals surface area contributed by atoms with E-state index in [9.17, 15) is 13.2 Å². The smallest absolute Gasteiger partial charge is 0.416 e. The first-order valence-electron chi connectivity index (χ1n) is 8.87. The molecule has 4 nitrogen and oxygen atoms in total. The predicted molar refractivity (Wildman–Crippen MR) is 105 cm³/mol. The van der Waals surface area contributed by atoms with Crippen LogP contribution < -0.4 is 9.47 Å². The molecule has 0 unspecified atom stereocenters. The van der Waals surface area contributed by atoms with E-state index >= 15 is 0 Å². The minimum absolute atomic E-state index is 0.311. The standard InChI is InChI=1S/C21H19F3N2O2S/c1-3-16-12-19(28-18-10-5-4-9-17(18)27-2)26-20(25-16)29-13-14-7-6-8-15(11-14)21(22,23)24/h4-12H,3,13H2,1-2H3. The highest BCUT2D eigenvalue weighted by Crippen LogP contribution is 2.33. The molecule has 0 aliphatic carbocycles. The van der Waals surface area contributed by atoms with Crippen molar-refractivity contribution in [2.24, 2.45) is 0 Å². The lowest BCUT2D eigenvalue weighted by Crippen LogP contribution is -2.05. The third-order valence-corrected chi connectivity index (χ3v) is 4.92. The molecule has 29 heavy (non-hydrogen) atoms. The molecule has 0 saturated heterocycles. The predicted octanol–water partition coefficient (Wildman–Crippen LogP) is 6.15. The van der Waals surface area contributed by atoms with Crippen molar-refractivity contribution in [3.63, 3.8) is 0 Å². The Morgan fingerprint density at radius 1 is 0.966 bits per heavy atom. The third kappa shape index (κ3) is 5.63. The molecule has 0 aliphatic rings. The van der Waals surface area contributed by atoms with E-state index in [2.05, 4.69) is 9.97 Å². The van der Waals surface area contributed by atoms with E-state index in [1.807, 2.05) is 19.1 Å². The van der Waals surface area contributed by atoms with Gasteiger partial charge in [0.2, 0.25) is 5.88 Å². The minimum Gasteiger partial charge on any atom is -0.493 e. The summed E-state index contributed by atoms with van der Waals surface area (Å²) in [5, 5.41) is 0.437. The summed E-state index contributed by atoms with van der Waals surface area (Å²) in [7, 11) is 1.55. The fraction of sp³-hybridized carbons (Fsp3) is 0.238. The summed E-state index contributed by atoms with van der Waals surface area (Å²) < 4.78 is 49.8. The zero-order valence-electron chi connectivity index (χ0n) is 15.9. The molecule has 3 rings (SSSR count). The molecule has 1 aromatic heterocycles. The van der Waals surface area contributed by atoms with Crippen molar-refractivity contribution in [2.75, 3.05) is 7.11 Å². The van der Waals surface area contributed by atoms with Gasteiger partial charge in [-0.25, -0.2) is 4.98 Å². The lowest BCUT2D eigenvalue weighted by Gasteiger charge is -2.11. The number of para-hydroxylation sites is 2. The first-order chi connectivity index (χ1) is 13.9. The number of alkyl halides is 3. The molecule has 0 aliphatic heterocycles. The molecule has 0 spiro atoms. The zero-order chi connectivity index (χ0) is 20.9. The van der Waals surface area contributed by atoms with Gasteiger partial charge in [-0.05, 0) is 30.2 Å². The maximum Gasteiger partial charge on any atom is 0.416 e. The van der Waals surface area contributed by atoms with Gasteiger partial charge in [-0.15, -0.1) is 0 Å². The second-order valence-electron chi connectivity index (χ2n) is 6.07. The van der Waals surface area contributed by atoms with E-state index in [0.717, 1.165) is 17.8 Å². The Morgan fingerprint density at radius 2 is 1.72 bits per heavy atom. The minimum atomic E-state index is -4.37. The number of thioether (sulfide) groups is 1. The molecule has 0 fully saturated rings. The van der Waals surface area contributed by atoms with Crippen molar-refractivity contribution < 1.29 is 22.6 Å². The van der Waals surface area contributed by atoms with Crippen LogP contribution in [0.4, 0.5) is 13.2 Å². The summed E-state index contributed by atoms with van der Waals surface area (Å²) in [6.45, 7) is 1.95. The van der Waals surface area contributed by atoms with Gasteiger partial charge in [0.25, 0.3) is 0 Å². The Labute approximate surface area is 171 Å². The number of hydrogen-bond acceptors (Lipinski definition) is 5. The Bertz CT molecular complexity index is 980. The number of rotatable bonds is 7. The maximum atomic E-state index is 12.9. The van der Waals surface area contributed by atoms with Gasteiger partial charge in [-0.3, -0.25) is 0 Å². The number of hydrogen-bond donors (Lipinski definition) is 0. The SMILES string of the molecule is CCc1cc(Oc2ccccc2OC)nc(SCc2cccc(C(F)(F)F)c2)n1. The average Bonchev–Trinajstić information content (AvgIpc) is 2.72. The summed E-state index contributed by atoms with van der Waals surface area (Å²) >= 11 is 1.26. The quantitative estimate of drug-likeness (QED) is 0.339. The number of aryl methyl sites for hydroxylation is 1. The molecule has 0 atom stereocenters. The van der Waals surface area contributed by atoms with Crippen LogP contribution >= 0.6 is 11.8 Å². The van der Waals surface area contributed by atoms with Crippen LogP contribution in [0.5, 0.6) is 17.4 Å². The van der Waals surface area contributed by atoms with Crippen LogP contribution in [0, 0.1) is 0 Å². The van der Waals surface area contributed by atoms with Crippen molar-refractivity contribution in [2.45, 2.75) is 30.4 Å². The van der Waals surface area contributed by atoms with Crippen LogP contribution in [0.2, 0.25) is 0 Å². The molecule has 0 saturated carbocycles. The van der Waals surface area contributed by atoms with E-state index < -0.39 is 11.7 Å². The van der Waals surface area contributed by atoms with E-state index in [1.54, 1.807) is 31.4 Å². The van der Waals surface area contributed by atoms with Gasteiger partial charge in [-0.2, -0.15) is 18.2 Å². The summed E-state index contributed by atoms with van der Waals surface area (Å²) in [4.78, 5) is 8.83. The molecule has 0 N–H and O–H groups in total. The Hall–Kier alpha value is -2.74. The molecule has 0 amide bonds. The second-order valence-corrected chi connectivity index (χ2v) is 7.02. The van der Waals surface area contributed by atoms with Crippen molar-refractivity contribution in [3.05, 3.63) is 71.4 Å². The summed E-state index contributed by atoms with van der Waals surface area (Å²) in [5.41, 5.74) is 0.651. The van der Waals surface area contributed by atoms with Gasteiger partial charge >= 0.3 is 6.18 Å². The van der Waals surface area contributed by atoms with Crippen LogP contribution in [-0.4, -0.2) is 17.1 Å². The summed E-state index contributed by atoms with van der Waals surface area (Å²) in [6, 6.07) is 14.2. The lowest BCUT2D eigenvalue weighted by atomic mass is 10.1. The van der Waals surface area contributed by atoms with Gasteiger partial charge in [0, 0.05) is 17.5 Å². The fourth-order valence-electron chi connectivity index (χ4n) is 2.55. The molecule has 0 radical (unpaired) electrons. The van der Waals surface area contributed by atoms with Gasteiger partial charge in [-0.1, -0.05) is 49.0 Å². The Morgan fingerprint density at radius 3 is 2.41 bits per heavy atom. The van der Waals surface area contributed by atoms with Gasteiger partial charge < -0.3 is 9.47 Å². The largest absolute Gasteiger partial charge is 0.493 e. The monoisotopic (exact) mass is 420 g/mol. The molecule has 3 aromatic rings. The van der Waals surface area contributed by atoms with Crippen molar-refractivity contribution in [3.8, 4) is 17.4 Å². The summed E-state index contributed by atoms with van der Waals surface area (Å²) in [6.07, 6.45) is -3.70. The molecule has 152 valence electrons. The number of methoxy groups -OCH3 is 1. The highest BCUT2D eigenvalue weighted by atomic mass is 32.2. The first kappa shape index (κ1) is 21.0. The van der Waals surface area contributed by atoms with E-state index in [1.165, 1.54) is 17.8 Å². The average molecular weight is 420 g/mol. The van der Waals surface area contributed by atoms with Crippen LogP contribution in [0.3, 0.4) is 0 Å². The molecule has 1 heterocycles. The highest BCUT2D eigenvalue weighted by Gasteiger charge is 2.30. The highest BCUT2D eigenvalue weighted by molar-refractivity contribution is 7.98. The fourth-order valence-corrected chi connectivity index (χ4v) is 3.36. The van der Waals surface area contributed by atoms with Crippen molar-refractivity contribution in [1.82, 2.24) is 9.97 Å². The molecule has 8 heteroatoms. The van der Waals surface area contributed by atoms with E-state index in [0.29, 0.717) is 40.3 Å². The Balaban J connectivity index is 1.79. The third-order valence-electron chi connectivity index (χ3n) is 4.00. The van der Waals surface area contributed by atoms with Crippen LogP contribution in [0.15, 0.2) is 59.8 Å². The molecular weight excluding hydrogens is 401 g/mol. The topological polar surface area (TPSA) is 44.2 Å². The van der Waals surface area contributed by atoms with E-state index in [4.69, 9.17) is 9.47 Å². The molecule has 2 aromatic carbocycles. The number of aromatic nitrogens is 2.